The number of carbonyl (C=O) groups excluding carboxylic acids is 1. The number of hydrogen-bond acceptors (Lipinski definition) is 2. The molecular weight excluding hydrogens is 174 g/mol. The van der Waals surface area contributed by atoms with Gasteiger partial charge < -0.3 is 5.73 Å². The van der Waals surface area contributed by atoms with Crippen LogP contribution < -0.4 is 5.73 Å². The van der Waals surface area contributed by atoms with Crippen molar-refractivity contribution in [3.63, 3.8) is 0 Å². The largest absolute Gasteiger partial charge is 0.330 e. The van der Waals surface area contributed by atoms with Gasteiger partial charge >= 0.3 is 0 Å². The first-order valence-electron chi connectivity index (χ1n) is 5.14. The zero-order valence-electron chi connectivity index (χ0n) is 8.20. The minimum atomic E-state index is 0.310. The van der Waals surface area contributed by atoms with E-state index in [9.17, 15) is 4.79 Å². The molecule has 0 saturated heterocycles. The van der Waals surface area contributed by atoms with Crippen molar-refractivity contribution in [3.8, 4) is 0 Å². The van der Waals surface area contributed by atoms with Gasteiger partial charge in [-0.15, -0.1) is 0 Å². The third-order valence-electron chi connectivity index (χ3n) is 2.62. The van der Waals surface area contributed by atoms with Crippen molar-refractivity contribution in [2.24, 2.45) is 11.7 Å². The zero-order chi connectivity index (χ0) is 9.97. The lowest BCUT2D eigenvalue weighted by Crippen LogP contribution is -2.04. The van der Waals surface area contributed by atoms with Gasteiger partial charge in [-0.3, -0.25) is 4.79 Å². The van der Waals surface area contributed by atoms with Gasteiger partial charge in [-0.25, -0.2) is 0 Å². The number of rotatable bonds is 4. The van der Waals surface area contributed by atoms with E-state index in [-0.39, 0.29) is 0 Å². The second-order valence-electron chi connectivity index (χ2n) is 3.87. The second-order valence-corrected chi connectivity index (χ2v) is 3.87. The quantitative estimate of drug-likeness (QED) is 0.734. The summed E-state index contributed by atoms with van der Waals surface area (Å²) in [5, 5.41) is 0. The molecule has 14 heavy (non-hydrogen) atoms. The van der Waals surface area contributed by atoms with Crippen LogP contribution in [0.2, 0.25) is 0 Å². The van der Waals surface area contributed by atoms with Gasteiger partial charge in [0, 0.05) is 11.5 Å². The molecular formula is C12H15NO. The molecule has 1 aromatic carbocycles. The van der Waals surface area contributed by atoms with E-state index in [1.165, 1.54) is 5.56 Å². The number of nitrogens with two attached hydrogens (primary N) is 1. The monoisotopic (exact) mass is 189 g/mol. The van der Waals surface area contributed by atoms with Crippen molar-refractivity contribution in [2.45, 2.75) is 19.3 Å². The van der Waals surface area contributed by atoms with E-state index < -0.39 is 0 Å². The fourth-order valence-electron chi connectivity index (χ4n) is 1.58. The first-order chi connectivity index (χ1) is 6.81. The Morgan fingerprint density at radius 3 is 2.43 bits per heavy atom. The molecule has 2 N–H and O–H groups in total. The molecule has 0 heterocycles. The van der Waals surface area contributed by atoms with E-state index >= 15 is 0 Å². The molecule has 0 amide bonds. The topological polar surface area (TPSA) is 43.1 Å². The number of hydrogen-bond donors (Lipinski definition) is 1. The summed E-state index contributed by atoms with van der Waals surface area (Å²) in [5.74, 6) is 0.625. The third kappa shape index (κ3) is 2.02. The molecule has 74 valence electrons. The van der Waals surface area contributed by atoms with Gasteiger partial charge in [-0.05, 0) is 31.4 Å². The maximum Gasteiger partial charge on any atom is 0.165 e. The Hall–Kier alpha value is -1.15. The molecule has 0 radical (unpaired) electrons. The minimum absolute atomic E-state index is 0.310. The zero-order valence-corrected chi connectivity index (χ0v) is 8.20. The third-order valence-corrected chi connectivity index (χ3v) is 2.62. The Balaban J connectivity index is 2.08. The van der Waals surface area contributed by atoms with Gasteiger partial charge in [0.1, 0.15) is 0 Å². The van der Waals surface area contributed by atoms with Gasteiger partial charge in [0.25, 0.3) is 0 Å². The Labute approximate surface area is 84.1 Å². The Bertz CT molecular complexity index is 325. The molecule has 1 aromatic rings. The van der Waals surface area contributed by atoms with Crippen LogP contribution in [0.15, 0.2) is 24.3 Å². The molecule has 0 bridgehead atoms. The molecule has 1 fully saturated rings. The summed E-state index contributed by atoms with van der Waals surface area (Å²) in [6.45, 7) is 0.663. The van der Waals surface area contributed by atoms with E-state index in [1.807, 2.05) is 24.3 Å². The molecule has 2 nitrogen and oxygen atoms in total. The predicted molar refractivity (Wildman–Crippen MR) is 56.3 cm³/mol. The van der Waals surface area contributed by atoms with Crippen LogP contribution in [0.25, 0.3) is 0 Å². The summed E-state index contributed by atoms with van der Waals surface area (Å²) in [4.78, 5) is 11.7. The Morgan fingerprint density at radius 2 is 1.93 bits per heavy atom. The van der Waals surface area contributed by atoms with Crippen LogP contribution in [0, 0.1) is 5.92 Å². The summed E-state index contributed by atoms with van der Waals surface area (Å²) in [5.41, 5.74) is 7.51. The lowest BCUT2D eigenvalue weighted by atomic mass is 10.0. The highest BCUT2D eigenvalue weighted by Gasteiger charge is 2.30. The Kier molecular flexibility index (Phi) is 2.64. The van der Waals surface area contributed by atoms with Gasteiger partial charge in [0.15, 0.2) is 5.78 Å². The molecule has 0 unspecified atom stereocenters. The highest BCUT2D eigenvalue weighted by Crippen LogP contribution is 2.32. The van der Waals surface area contributed by atoms with Crippen LogP contribution in [-0.4, -0.2) is 12.3 Å². The maximum absolute atomic E-state index is 11.7. The highest BCUT2D eigenvalue weighted by atomic mass is 16.1. The normalized spacial score (nSPS) is 15.5. The SMILES string of the molecule is NCCc1ccc(C(=O)C2CC2)cc1. The van der Waals surface area contributed by atoms with Crippen molar-refractivity contribution in [3.05, 3.63) is 35.4 Å². The van der Waals surface area contributed by atoms with E-state index in [2.05, 4.69) is 0 Å². The molecule has 0 aromatic heterocycles. The summed E-state index contributed by atoms with van der Waals surface area (Å²) in [6.07, 6.45) is 3.03. The van der Waals surface area contributed by atoms with Crippen LogP contribution in [0.3, 0.4) is 0 Å². The average molecular weight is 189 g/mol. The smallest absolute Gasteiger partial charge is 0.165 e. The van der Waals surface area contributed by atoms with Crippen LogP contribution >= 0.6 is 0 Å². The van der Waals surface area contributed by atoms with Crippen molar-refractivity contribution in [2.75, 3.05) is 6.54 Å². The lowest BCUT2D eigenvalue weighted by Gasteiger charge is -2.01. The molecule has 0 aliphatic heterocycles. The average Bonchev–Trinajstić information content (AvgIpc) is 3.02. The van der Waals surface area contributed by atoms with Crippen LogP contribution in [0.5, 0.6) is 0 Å². The molecule has 0 atom stereocenters. The summed E-state index contributed by atoms with van der Waals surface area (Å²) in [6, 6.07) is 7.85. The molecule has 2 rings (SSSR count). The molecule has 2 heteroatoms. The molecule has 0 spiro atoms. The summed E-state index contributed by atoms with van der Waals surface area (Å²) >= 11 is 0. The molecule has 1 saturated carbocycles. The maximum atomic E-state index is 11.7. The first-order valence-corrected chi connectivity index (χ1v) is 5.14. The fourth-order valence-corrected chi connectivity index (χ4v) is 1.58. The highest BCUT2D eigenvalue weighted by molar-refractivity contribution is 5.99. The summed E-state index contributed by atoms with van der Waals surface area (Å²) in [7, 11) is 0. The Morgan fingerprint density at radius 1 is 1.29 bits per heavy atom. The van der Waals surface area contributed by atoms with Gasteiger partial charge in [0.2, 0.25) is 0 Å². The van der Waals surface area contributed by atoms with E-state index in [0.717, 1.165) is 24.8 Å². The van der Waals surface area contributed by atoms with E-state index in [0.29, 0.717) is 18.2 Å². The van der Waals surface area contributed by atoms with Gasteiger partial charge in [-0.2, -0.15) is 0 Å². The van der Waals surface area contributed by atoms with Crippen molar-refractivity contribution in [1.82, 2.24) is 0 Å². The van der Waals surface area contributed by atoms with Crippen LogP contribution in [0.4, 0.5) is 0 Å². The number of Topliss-reactive ketones (excluding diaryl/α,β-unsaturated/α-hetero) is 1. The summed E-state index contributed by atoms with van der Waals surface area (Å²) < 4.78 is 0. The van der Waals surface area contributed by atoms with Crippen molar-refractivity contribution >= 4 is 5.78 Å². The lowest BCUT2D eigenvalue weighted by molar-refractivity contribution is 0.0967. The van der Waals surface area contributed by atoms with Crippen molar-refractivity contribution in [1.29, 1.82) is 0 Å². The van der Waals surface area contributed by atoms with E-state index in [1.54, 1.807) is 0 Å². The first kappa shape index (κ1) is 9.41. The number of ketones is 1. The number of carbonyl (C=O) groups is 1. The number of benzene rings is 1. The predicted octanol–water partition coefficient (Wildman–Crippen LogP) is 1.78. The van der Waals surface area contributed by atoms with Gasteiger partial charge in [0.05, 0.1) is 0 Å². The second kappa shape index (κ2) is 3.93. The van der Waals surface area contributed by atoms with Gasteiger partial charge in [-0.1, -0.05) is 24.3 Å². The van der Waals surface area contributed by atoms with Crippen LogP contribution in [0.1, 0.15) is 28.8 Å². The fraction of sp³-hybridized carbons (Fsp3) is 0.417. The minimum Gasteiger partial charge on any atom is -0.330 e. The molecule has 1 aliphatic rings. The standard InChI is InChI=1S/C12H15NO/c13-8-7-9-1-3-10(4-2-9)12(14)11-5-6-11/h1-4,11H,5-8,13H2. The molecule has 1 aliphatic carbocycles. The van der Waals surface area contributed by atoms with E-state index in [4.69, 9.17) is 5.73 Å². The van der Waals surface area contributed by atoms with Crippen molar-refractivity contribution < 1.29 is 4.79 Å². The van der Waals surface area contributed by atoms with Crippen LogP contribution in [-0.2, 0) is 6.42 Å².